The Morgan fingerprint density at radius 2 is 1.88 bits per heavy atom. The number of hydrogen-bond donors (Lipinski definition) is 1. The van der Waals surface area contributed by atoms with Gasteiger partial charge < -0.3 is 9.88 Å². The Morgan fingerprint density at radius 1 is 1.16 bits per heavy atom. The molecular formula is C23H26F3N5O. The van der Waals surface area contributed by atoms with Crippen LogP contribution in [0.25, 0.3) is 11.0 Å². The smallest absolute Gasteiger partial charge is 0.346 e. The van der Waals surface area contributed by atoms with Crippen molar-refractivity contribution in [2.24, 2.45) is 5.92 Å². The summed E-state index contributed by atoms with van der Waals surface area (Å²) in [5.41, 5.74) is 1.33. The van der Waals surface area contributed by atoms with Crippen molar-refractivity contribution < 1.29 is 18.0 Å². The number of carbonyl (C=O) groups is 1. The summed E-state index contributed by atoms with van der Waals surface area (Å²) in [4.78, 5) is 25.6. The van der Waals surface area contributed by atoms with Crippen LogP contribution in [0, 0.1) is 12.8 Å². The van der Waals surface area contributed by atoms with E-state index in [2.05, 4.69) is 19.9 Å². The molecule has 0 saturated heterocycles. The van der Waals surface area contributed by atoms with E-state index >= 15 is 0 Å². The number of rotatable bonds is 4. The molecule has 0 radical (unpaired) electrons. The van der Waals surface area contributed by atoms with Crippen LogP contribution in [0.15, 0.2) is 24.3 Å². The zero-order valence-corrected chi connectivity index (χ0v) is 18.5. The van der Waals surface area contributed by atoms with Gasteiger partial charge in [-0.25, -0.2) is 15.0 Å². The minimum atomic E-state index is -4.58. The lowest BCUT2D eigenvalue weighted by molar-refractivity contribution is -0.142. The van der Waals surface area contributed by atoms with Crippen molar-refractivity contribution in [2.75, 3.05) is 0 Å². The van der Waals surface area contributed by atoms with Gasteiger partial charge in [-0.3, -0.25) is 4.79 Å². The van der Waals surface area contributed by atoms with Gasteiger partial charge in [-0.2, -0.15) is 13.2 Å². The standard InChI is InChI=1S/C23H26F3N5O/c1-12(2)31-19-8-6-5-7-18(19)30-21(31)13(3)27-22(32)15-9-10-17-16(11-15)20(23(24,25)26)29-14(4)28-17/h5-8,12-13,15H,9-11H2,1-4H3,(H,27,32)/t13-,15-/m1/s1. The highest BCUT2D eigenvalue weighted by molar-refractivity contribution is 5.80. The van der Waals surface area contributed by atoms with Gasteiger partial charge in [-0.05, 0) is 59.1 Å². The molecule has 1 amide bonds. The summed E-state index contributed by atoms with van der Waals surface area (Å²) in [5.74, 6) is -0.0330. The van der Waals surface area contributed by atoms with Crippen molar-refractivity contribution in [3.8, 4) is 0 Å². The third kappa shape index (κ3) is 4.08. The quantitative estimate of drug-likeness (QED) is 0.631. The third-order valence-electron chi connectivity index (χ3n) is 5.91. The van der Waals surface area contributed by atoms with Crippen LogP contribution < -0.4 is 5.32 Å². The number of aromatic nitrogens is 4. The lowest BCUT2D eigenvalue weighted by Gasteiger charge is -2.27. The number of nitrogens with one attached hydrogen (secondary N) is 1. The van der Waals surface area contributed by atoms with Crippen LogP contribution >= 0.6 is 0 Å². The largest absolute Gasteiger partial charge is 0.433 e. The van der Waals surface area contributed by atoms with E-state index in [0.29, 0.717) is 18.5 Å². The predicted octanol–water partition coefficient (Wildman–Crippen LogP) is 4.72. The summed E-state index contributed by atoms with van der Waals surface area (Å²) >= 11 is 0. The molecule has 0 unspecified atom stereocenters. The molecule has 32 heavy (non-hydrogen) atoms. The maximum absolute atomic E-state index is 13.5. The Hall–Kier alpha value is -2.97. The number of benzene rings is 1. The molecule has 0 bridgehead atoms. The highest BCUT2D eigenvalue weighted by Crippen LogP contribution is 2.36. The molecule has 2 aromatic heterocycles. The summed E-state index contributed by atoms with van der Waals surface area (Å²) in [6.45, 7) is 7.40. The van der Waals surface area contributed by atoms with Crippen LogP contribution in [-0.4, -0.2) is 25.4 Å². The van der Waals surface area contributed by atoms with Crippen molar-refractivity contribution in [1.82, 2.24) is 24.8 Å². The Bertz CT molecular complexity index is 1170. The van der Waals surface area contributed by atoms with Crippen LogP contribution in [0.1, 0.15) is 67.9 Å². The summed E-state index contributed by atoms with van der Waals surface area (Å²) in [7, 11) is 0. The van der Waals surface area contributed by atoms with Crippen molar-refractivity contribution in [3.05, 3.63) is 52.9 Å². The highest BCUT2D eigenvalue weighted by atomic mass is 19.4. The fraction of sp³-hybridized carbons (Fsp3) is 0.478. The molecule has 0 spiro atoms. The van der Waals surface area contributed by atoms with Gasteiger partial charge in [-0.15, -0.1) is 0 Å². The zero-order valence-electron chi connectivity index (χ0n) is 18.5. The fourth-order valence-electron chi connectivity index (χ4n) is 4.50. The maximum Gasteiger partial charge on any atom is 0.433 e. The Morgan fingerprint density at radius 3 is 2.56 bits per heavy atom. The van der Waals surface area contributed by atoms with Gasteiger partial charge in [0.15, 0.2) is 5.69 Å². The number of aryl methyl sites for hydroxylation is 2. The van der Waals surface area contributed by atoms with E-state index in [4.69, 9.17) is 4.98 Å². The molecule has 4 rings (SSSR count). The predicted molar refractivity (Wildman–Crippen MR) is 114 cm³/mol. The number of imidazole rings is 1. The van der Waals surface area contributed by atoms with E-state index in [9.17, 15) is 18.0 Å². The second-order valence-electron chi connectivity index (χ2n) is 8.63. The molecule has 0 saturated carbocycles. The number of amides is 1. The van der Waals surface area contributed by atoms with Gasteiger partial charge in [0.05, 0.1) is 17.1 Å². The summed E-state index contributed by atoms with van der Waals surface area (Å²) < 4.78 is 42.7. The molecule has 1 aliphatic rings. The van der Waals surface area contributed by atoms with E-state index in [1.54, 1.807) is 0 Å². The van der Waals surface area contributed by atoms with Gasteiger partial charge in [0.2, 0.25) is 5.91 Å². The molecule has 3 aromatic rings. The summed E-state index contributed by atoms with van der Waals surface area (Å²) in [6.07, 6.45) is -3.84. The normalized spacial score (nSPS) is 17.4. The molecule has 2 heterocycles. The topological polar surface area (TPSA) is 72.7 Å². The fourth-order valence-corrected chi connectivity index (χ4v) is 4.50. The second-order valence-corrected chi connectivity index (χ2v) is 8.63. The average Bonchev–Trinajstić information content (AvgIpc) is 3.12. The molecular weight excluding hydrogens is 419 g/mol. The number of alkyl halides is 3. The number of carbonyl (C=O) groups excluding carboxylic acids is 1. The third-order valence-corrected chi connectivity index (χ3v) is 5.91. The Balaban J connectivity index is 1.58. The molecule has 9 heteroatoms. The number of nitrogens with zero attached hydrogens (tertiary/aromatic N) is 4. The average molecular weight is 445 g/mol. The van der Waals surface area contributed by atoms with Crippen molar-refractivity contribution in [2.45, 2.75) is 65.2 Å². The first kappa shape index (κ1) is 22.2. The van der Waals surface area contributed by atoms with Crippen LogP contribution in [0.3, 0.4) is 0 Å². The van der Waals surface area contributed by atoms with Crippen molar-refractivity contribution in [1.29, 1.82) is 0 Å². The number of para-hydroxylation sites is 2. The number of hydrogen-bond acceptors (Lipinski definition) is 4. The van der Waals surface area contributed by atoms with Crippen LogP contribution in [0.4, 0.5) is 13.2 Å². The number of fused-ring (bicyclic) bond motifs is 2. The first-order valence-corrected chi connectivity index (χ1v) is 10.8. The minimum Gasteiger partial charge on any atom is -0.346 e. The second kappa shape index (κ2) is 8.18. The molecule has 6 nitrogen and oxygen atoms in total. The van der Waals surface area contributed by atoms with E-state index in [1.165, 1.54) is 6.92 Å². The zero-order chi connectivity index (χ0) is 23.2. The highest BCUT2D eigenvalue weighted by Gasteiger charge is 2.40. The van der Waals surface area contributed by atoms with Gasteiger partial charge in [-0.1, -0.05) is 12.1 Å². The molecule has 1 aromatic carbocycles. The maximum atomic E-state index is 13.5. The molecule has 2 atom stereocenters. The van der Waals surface area contributed by atoms with Gasteiger partial charge in [0.25, 0.3) is 0 Å². The molecule has 0 fully saturated rings. The van der Waals surface area contributed by atoms with Gasteiger partial charge >= 0.3 is 6.18 Å². The monoisotopic (exact) mass is 445 g/mol. The summed E-state index contributed by atoms with van der Waals surface area (Å²) in [5, 5.41) is 2.98. The van der Waals surface area contributed by atoms with Crippen LogP contribution in [-0.2, 0) is 23.8 Å². The minimum absolute atomic E-state index is 0.0242. The van der Waals surface area contributed by atoms with Gasteiger partial charge in [0.1, 0.15) is 11.6 Å². The summed E-state index contributed by atoms with van der Waals surface area (Å²) in [6, 6.07) is 7.50. The van der Waals surface area contributed by atoms with E-state index < -0.39 is 23.8 Å². The van der Waals surface area contributed by atoms with E-state index in [0.717, 1.165) is 16.9 Å². The SMILES string of the molecule is Cc1nc2c(c(C(F)(F)F)n1)C[C@H](C(=O)N[C@H](C)c1nc3ccccc3n1C(C)C)CC2. The molecule has 1 aliphatic carbocycles. The van der Waals surface area contributed by atoms with E-state index in [-0.39, 0.29) is 29.8 Å². The first-order valence-electron chi connectivity index (χ1n) is 10.8. The molecule has 0 aliphatic heterocycles. The van der Waals surface area contributed by atoms with Crippen LogP contribution in [0.2, 0.25) is 0 Å². The van der Waals surface area contributed by atoms with E-state index in [1.807, 2.05) is 45.0 Å². The Labute approximate surface area is 184 Å². The van der Waals surface area contributed by atoms with Crippen LogP contribution in [0.5, 0.6) is 0 Å². The molecule has 170 valence electrons. The van der Waals surface area contributed by atoms with Crippen molar-refractivity contribution >= 4 is 16.9 Å². The lowest BCUT2D eigenvalue weighted by Crippen LogP contribution is -2.37. The van der Waals surface area contributed by atoms with Crippen molar-refractivity contribution in [3.63, 3.8) is 0 Å². The lowest BCUT2D eigenvalue weighted by atomic mass is 9.84. The Kier molecular flexibility index (Phi) is 5.68. The number of halogens is 3. The van der Waals surface area contributed by atoms with Gasteiger partial charge in [0, 0.05) is 23.2 Å². The first-order chi connectivity index (χ1) is 15.1. The molecule has 1 N–H and O–H groups in total.